The van der Waals surface area contributed by atoms with Gasteiger partial charge >= 0.3 is 18.1 Å². The summed E-state index contributed by atoms with van der Waals surface area (Å²) in [7, 11) is 1.47. The summed E-state index contributed by atoms with van der Waals surface area (Å²) < 4.78 is 36.2. The summed E-state index contributed by atoms with van der Waals surface area (Å²) >= 11 is 0.616. The van der Waals surface area contributed by atoms with E-state index in [1.807, 2.05) is 0 Å². The smallest absolute Gasteiger partial charge is 0.424 e. The summed E-state index contributed by atoms with van der Waals surface area (Å²) in [6.07, 6.45) is -2.27. The molecule has 0 saturated carbocycles. The molecule has 12 nitrogen and oxygen atoms in total. The maximum Gasteiger partial charge on any atom is 0.424 e. The minimum absolute atomic E-state index is 0.156. The third kappa shape index (κ3) is 3.57. The van der Waals surface area contributed by atoms with Crippen LogP contribution in [0, 0.1) is 13.8 Å². The first-order chi connectivity index (χ1) is 16.0. The third-order valence-corrected chi connectivity index (χ3v) is 6.14. The Balaban J connectivity index is 2.00. The molecule has 0 radical (unpaired) electrons. The lowest BCUT2D eigenvalue weighted by atomic mass is 10.1. The summed E-state index contributed by atoms with van der Waals surface area (Å²) in [6, 6.07) is 0. The van der Waals surface area contributed by atoms with Crippen molar-refractivity contribution in [3.63, 3.8) is 0 Å². The molecule has 178 valence electrons. The molecule has 0 spiro atoms. The number of ether oxygens (including phenoxy) is 1. The molecule has 2 amide bonds. The monoisotopic (exact) mass is 494 g/mol. The Kier molecular flexibility index (Phi) is 5.59. The van der Waals surface area contributed by atoms with E-state index in [1.54, 1.807) is 13.8 Å². The van der Waals surface area contributed by atoms with Gasteiger partial charge in [0.1, 0.15) is 10.8 Å². The van der Waals surface area contributed by atoms with Crippen LogP contribution in [-0.2, 0) is 17.3 Å². The number of anilines is 1. The van der Waals surface area contributed by atoms with Gasteiger partial charge in [-0.05, 0) is 13.8 Å². The molecule has 4 heterocycles. The van der Waals surface area contributed by atoms with Crippen molar-refractivity contribution in [2.75, 3.05) is 17.8 Å². The van der Waals surface area contributed by atoms with E-state index in [-0.39, 0.29) is 27.5 Å². The highest BCUT2D eigenvalue weighted by molar-refractivity contribution is 8.00. The average molecular weight is 494 g/mol. The molecule has 4 rings (SSSR count). The van der Waals surface area contributed by atoms with Crippen LogP contribution in [0.15, 0.2) is 11.2 Å². The normalized spacial score (nSPS) is 14.7. The lowest BCUT2D eigenvalue weighted by Crippen LogP contribution is -2.36. The molecular weight excluding hydrogens is 478 g/mol. The highest BCUT2D eigenvalue weighted by Crippen LogP contribution is 2.42. The van der Waals surface area contributed by atoms with Crippen molar-refractivity contribution in [3.8, 4) is 5.75 Å². The fraction of sp³-hybridized carbons (Fsp3) is 0.316. The van der Waals surface area contributed by atoms with Crippen molar-refractivity contribution < 1.29 is 38.1 Å². The van der Waals surface area contributed by atoms with E-state index < -0.39 is 41.3 Å². The van der Waals surface area contributed by atoms with Crippen LogP contribution >= 0.6 is 11.8 Å². The van der Waals surface area contributed by atoms with E-state index >= 15 is 0 Å². The van der Waals surface area contributed by atoms with Crippen LogP contribution in [0.3, 0.4) is 0 Å². The number of imide groups is 1. The summed E-state index contributed by atoms with van der Waals surface area (Å²) in [5.41, 5.74) is 0.554. The quantitative estimate of drug-likeness (QED) is 0.513. The third-order valence-electron chi connectivity index (χ3n) is 5.17. The number of Topliss-reactive ketones (excluding diaryl/α,β-unsaturated/α-hetero) is 1. The fourth-order valence-corrected chi connectivity index (χ4v) is 4.47. The lowest BCUT2D eigenvalue weighted by Gasteiger charge is -2.14. The van der Waals surface area contributed by atoms with Crippen LogP contribution in [0.25, 0.3) is 11.0 Å². The zero-order valence-corrected chi connectivity index (χ0v) is 18.7. The van der Waals surface area contributed by atoms with Crippen molar-refractivity contribution in [2.45, 2.75) is 31.3 Å². The van der Waals surface area contributed by atoms with Crippen LogP contribution in [0.5, 0.6) is 5.75 Å². The number of carboxylic acid groups (broad SMARTS) is 2. The van der Waals surface area contributed by atoms with Crippen molar-refractivity contribution in [1.82, 2.24) is 24.7 Å². The number of alkyl halides is 2. The van der Waals surface area contributed by atoms with Gasteiger partial charge in [-0.15, -0.1) is 4.90 Å². The van der Waals surface area contributed by atoms with Crippen LogP contribution in [0.4, 0.5) is 24.3 Å². The number of thioether (sulfide) groups is 1. The first-order valence-electron chi connectivity index (χ1n) is 9.55. The maximum absolute atomic E-state index is 14.9. The number of carbonyl (C=O) groups is 3. The Morgan fingerprint density at radius 1 is 1.26 bits per heavy atom. The topological polar surface area (TPSA) is 161 Å². The SMILES string of the molecule is COc1c(C)cnc(Cn2nc3c4c(nc(N(C(=O)O)C(=O)O)nc42)SCC(=O)C3(F)F)c1C. The van der Waals surface area contributed by atoms with Gasteiger partial charge in [0.15, 0.2) is 11.3 Å². The van der Waals surface area contributed by atoms with Gasteiger partial charge in [0, 0.05) is 17.3 Å². The first-order valence-corrected chi connectivity index (χ1v) is 10.5. The van der Waals surface area contributed by atoms with Gasteiger partial charge in [0.05, 0.1) is 30.5 Å². The zero-order chi connectivity index (χ0) is 24.9. The Hall–Kier alpha value is -3.88. The molecule has 15 heteroatoms. The van der Waals surface area contributed by atoms with Crippen molar-refractivity contribution >= 4 is 46.7 Å². The van der Waals surface area contributed by atoms with E-state index in [9.17, 15) is 33.4 Å². The van der Waals surface area contributed by atoms with Gasteiger partial charge < -0.3 is 14.9 Å². The predicted octanol–water partition coefficient (Wildman–Crippen LogP) is 2.82. The minimum atomic E-state index is -3.96. The standard InChI is InChI=1S/C19H16F2N6O6S/c1-7-4-22-9(8(2)12(7)33-3)5-26-14-11-13(25-26)19(20,21)10(28)6-34-15(11)24-16(23-14)27(17(29)30)18(31)32/h4H,5-6H2,1-3H3,(H,29,30)(H,31,32). The summed E-state index contributed by atoms with van der Waals surface area (Å²) in [5, 5.41) is 22.1. The Labute approximate surface area is 193 Å². The number of halogens is 2. The molecule has 2 N–H and O–H groups in total. The Morgan fingerprint density at radius 3 is 2.56 bits per heavy atom. The number of rotatable bonds is 4. The first kappa shape index (κ1) is 23.3. The number of nitrogens with zero attached hydrogens (tertiary/aromatic N) is 6. The molecule has 0 aromatic carbocycles. The number of pyridine rings is 1. The second-order valence-electron chi connectivity index (χ2n) is 7.27. The zero-order valence-electron chi connectivity index (χ0n) is 17.9. The largest absolute Gasteiger partial charge is 0.496 e. The predicted molar refractivity (Wildman–Crippen MR) is 113 cm³/mol. The molecule has 0 atom stereocenters. The second-order valence-corrected chi connectivity index (χ2v) is 8.23. The van der Waals surface area contributed by atoms with Crippen LogP contribution < -0.4 is 9.64 Å². The Bertz CT molecular complexity index is 1360. The number of methoxy groups -OCH3 is 1. The van der Waals surface area contributed by atoms with Gasteiger partial charge in [0.2, 0.25) is 11.7 Å². The highest BCUT2D eigenvalue weighted by atomic mass is 32.2. The van der Waals surface area contributed by atoms with Crippen LogP contribution in [0.1, 0.15) is 22.5 Å². The van der Waals surface area contributed by atoms with Gasteiger partial charge in [-0.2, -0.15) is 18.9 Å². The Morgan fingerprint density at radius 2 is 1.94 bits per heavy atom. The second kappa shape index (κ2) is 8.16. The van der Waals surface area contributed by atoms with Crippen LogP contribution in [0.2, 0.25) is 0 Å². The maximum atomic E-state index is 14.9. The van der Waals surface area contributed by atoms with Gasteiger partial charge in [-0.25, -0.2) is 19.3 Å². The number of carbonyl (C=O) groups excluding carboxylic acids is 1. The lowest BCUT2D eigenvalue weighted by molar-refractivity contribution is -0.141. The molecular formula is C19H16F2N6O6S. The number of ketones is 1. The molecule has 1 aliphatic heterocycles. The van der Waals surface area contributed by atoms with E-state index in [0.29, 0.717) is 28.8 Å². The molecule has 0 bridgehead atoms. The van der Waals surface area contributed by atoms with Gasteiger partial charge in [-0.3, -0.25) is 9.78 Å². The molecule has 0 fully saturated rings. The van der Waals surface area contributed by atoms with E-state index in [0.717, 1.165) is 10.2 Å². The molecule has 34 heavy (non-hydrogen) atoms. The van der Waals surface area contributed by atoms with Crippen molar-refractivity contribution in [3.05, 3.63) is 28.7 Å². The molecule has 3 aromatic rings. The highest BCUT2D eigenvalue weighted by Gasteiger charge is 2.48. The van der Waals surface area contributed by atoms with Gasteiger partial charge in [0.25, 0.3) is 0 Å². The van der Waals surface area contributed by atoms with Crippen LogP contribution in [-0.4, -0.2) is 65.8 Å². The number of amides is 2. The summed E-state index contributed by atoms with van der Waals surface area (Å²) in [4.78, 5) is 47.0. The van der Waals surface area contributed by atoms with E-state index in [4.69, 9.17) is 4.74 Å². The van der Waals surface area contributed by atoms with Crippen molar-refractivity contribution in [1.29, 1.82) is 0 Å². The van der Waals surface area contributed by atoms with Crippen molar-refractivity contribution in [2.24, 2.45) is 0 Å². The summed E-state index contributed by atoms with van der Waals surface area (Å²) in [5.74, 6) is -6.32. The molecule has 3 aromatic heterocycles. The number of hydrogen-bond acceptors (Lipinski definition) is 9. The van der Waals surface area contributed by atoms with E-state index in [2.05, 4.69) is 20.1 Å². The number of hydrogen-bond donors (Lipinski definition) is 2. The molecule has 0 aliphatic carbocycles. The average Bonchev–Trinajstić information content (AvgIpc) is 3.09. The fourth-order valence-electron chi connectivity index (χ4n) is 3.55. The summed E-state index contributed by atoms with van der Waals surface area (Å²) in [6.45, 7) is 3.28. The molecule has 0 saturated heterocycles. The number of aryl methyl sites for hydroxylation is 1. The molecule has 1 aliphatic rings. The minimum Gasteiger partial charge on any atom is -0.496 e. The van der Waals surface area contributed by atoms with Gasteiger partial charge in [-0.1, -0.05) is 11.8 Å². The number of aromatic nitrogens is 5. The molecule has 0 unspecified atom stereocenters. The van der Waals surface area contributed by atoms with E-state index in [1.165, 1.54) is 13.3 Å².